The average molecular weight is 336 g/mol. The molecule has 0 atom stereocenters. The molecule has 23 heavy (non-hydrogen) atoms. The van der Waals surface area contributed by atoms with Crippen molar-refractivity contribution < 1.29 is 12.8 Å². The van der Waals surface area contributed by atoms with Crippen molar-refractivity contribution in [3.8, 4) is 0 Å². The van der Waals surface area contributed by atoms with Crippen molar-refractivity contribution in [1.82, 2.24) is 14.2 Å². The third kappa shape index (κ3) is 2.82. The molecular weight excluding hydrogens is 323 g/mol. The van der Waals surface area contributed by atoms with E-state index in [1.165, 1.54) is 39.8 Å². The number of anilines is 1. The number of nitrogens with zero attached hydrogens (tertiary/aromatic N) is 3. The van der Waals surface area contributed by atoms with E-state index in [0.717, 1.165) is 12.1 Å². The molecule has 9 heteroatoms. The summed E-state index contributed by atoms with van der Waals surface area (Å²) in [5.74, 6) is -0.464. The number of hydrogen-bond acceptors (Lipinski definition) is 4. The summed E-state index contributed by atoms with van der Waals surface area (Å²) < 4.78 is 42.5. The first-order valence-corrected chi connectivity index (χ1v) is 8.25. The van der Waals surface area contributed by atoms with Crippen molar-refractivity contribution in [1.29, 1.82) is 0 Å². The van der Waals surface area contributed by atoms with Crippen LogP contribution in [0, 0.1) is 5.82 Å². The number of aryl methyl sites for hydroxylation is 1. The van der Waals surface area contributed by atoms with Gasteiger partial charge in [-0.2, -0.15) is 5.10 Å². The molecule has 0 amide bonds. The highest BCUT2D eigenvalue weighted by molar-refractivity contribution is 7.92. The number of rotatable bonds is 4. The van der Waals surface area contributed by atoms with Crippen LogP contribution in [-0.2, 0) is 16.6 Å². The molecule has 0 fully saturated rings. The summed E-state index contributed by atoms with van der Waals surface area (Å²) in [6.45, 7) is 2.15. The van der Waals surface area contributed by atoms with Crippen molar-refractivity contribution in [2.45, 2.75) is 18.4 Å². The van der Waals surface area contributed by atoms with E-state index in [9.17, 15) is 17.6 Å². The minimum Gasteiger partial charge on any atom is -0.300 e. The molecule has 0 aliphatic heterocycles. The van der Waals surface area contributed by atoms with Crippen molar-refractivity contribution in [3.63, 3.8) is 0 Å². The van der Waals surface area contributed by atoms with Crippen LogP contribution in [0.5, 0.6) is 0 Å². The van der Waals surface area contributed by atoms with Gasteiger partial charge in [0, 0.05) is 18.4 Å². The van der Waals surface area contributed by atoms with Gasteiger partial charge in [0.05, 0.1) is 0 Å². The van der Waals surface area contributed by atoms with Crippen LogP contribution >= 0.6 is 0 Å². The molecule has 3 rings (SSSR count). The Kier molecular flexibility index (Phi) is 3.64. The van der Waals surface area contributed by atoms with Crippen LogP contribution in [0.2, 0.25) is 0 Å². The van der Waals surface area contributed by atoms with Gasteiger partial charge >= 0.3 is 0 Å². The van der Waals surface area contributed by atoms with Gasteiger partial charge in [0.15, 0.2) is 0 Å². The number of nitrogens with one attached hydrogen (secondary N) is 1. The zero-order valence-electron chi connectivity index (χ0n) is 12.1. The van der Waals surface area contributed by atoms with Crippen LogP contribution in [0.3, 0.4) is 0 Å². The zero-order chi connectivity index (χ0) is 16.6. The largest absolute Gasteiger partial charge is 0.300 e. The smallest absolute Gasteiger partial charge is 0.291 e. The second-order valence-electron chi connectivity index (χ2n) is 4.83. The van der Waals surface area contributed by atoms with Gasteiger partial charge in [0.1, 0.15) is 22.6 Å². The second-order valence-corrected chi connectivity index (χ2v) is 6.51. The van der Waals surface area contributed by atoms with E-state index in [2.05, 4.69) is 9.82 Å². The SMILES string of the molecule is CCn1ncn2cc(S(=O)(=O)Nc3ccc(F)cc3)cc2c1=O. The zero-order valence-corrected chi connectivity index (χ0v) is 12.9. The van der Waals surface area contributed by atoms with E-state index in [0.29, 0.717) is 6.54 Å². The standard InChI is InChI=1S/C14H13FN4O3S/c1-2-19-14(20)13-7-12(8-18(13)9-16-19)23(21,22)17-11-5-3-10(15)4-6-11/h3-9,17H,2H2,1H3. The number of fused-ring (bicyclic) bond motifs is 1. The summed E-state index contributed by atoms with van der Waals surface area (Å²) in [5, 5.41) is 3.92. The lowest BCUT2D eigenvalue weighted by molar-refractivity contribution is 0.600. The predicted octanol–water partition coefficient (Wildman–Crippen LogP) is 1.46. The Labute approximate surface area is 131 Å². The quantitative estimate of drug-likeness (QED) is 0.781. The summed E-state index contributed by atoms with van der Waals surface area (Å²) >= 11 is 0. The molecule has 1 aromatic carbocycles. The molecule has 7 nitrogen and oxygen atoms in total. The number of benzene rings is 1. The molecule has 0 spiro atoms. The van der Waals surface area contributed by atoms with E-state index in [1.807, 2.05) is 0 Å². The summed E-state index contributed by atoms with van der Waals surface area (Å²) in [6, 6.07) is 6.21. The lowest BCUT2D eigenvalue weighted by Crippen LogP contribution is -2.23. The predicted molar refractivity (Wildman–Crippen MR) is 82.3 cm³/mol. The molecule has 3 aromatic rings. The summed E-state index contributed by atoms with van der Waals surface area (Å²) in [5.41, 5.74) is 0.0605. The molecule has 120 valence electrons. The van der Waals surface area contributed by atoms with Crippen molar-refractivity contribution in [2.75, 3.05) is 4.72 Å². The van der Waals surface area contributed by atoms with Crippen molar-refractivity contribution >= 4 is 21.2 Å². The molecule has 0 bridgehead atoms. The first kappa shape index (κ1) is 15.2. The summed E-state index contributed by atoms with van der Waals surface area (Å²) in [4.78, 5) is 12.0. The van der Waals surface area contributed by atoms with Crippen molar-refractivity contribution in [2.24, 2.45) is 0 Å². The maximum absolute atomic E-state index is 12.9. The highest BCUT2D eigenvalue weighted by atomic mass is 32.2. The third-order valence-corrected chi connectivity index (χ3v) is 4.65. The second kappa shape index (κ2) is 5.51. The Balaban J connectivity index is 2.03. The molecule has 0 unspecified atom stereocenters. The molecule has 0 saturated heterocycles. The van der Waals surface area contributed by atoms with Gasteiger partial charge < -0.3 is 0 Å². The van der Waals surface area contributed by atoms with Gasteiger partial charge in [-0.25, -0.2) is 17.5 Å². The van der Waals surface area contributed by atoms with Crippen molar-refractivity contribution in [3.05, 3.63) is 59.0 Å². The van der Waals surface area contributed by atoms with Gasteiger partial charge in [-0.1, -0.05) is 0 Å². The number of aromatic nitrogens is 3. The third-order valence-electron chi connectivity index (χ3n) is 3.30. The molecule has 0 saturated carbocycles. The number of sulfonamides is 1. The fraction of sp³-hybridized carbons (Fsp3) is 0.143. The van der Waals surface area contributed by atoms with E-state index in [1.54, 1.807) is 6.92 Å². The maximum atomic E-state index is 12.9. The molecule has 2 aromatic heterocycles. The monoisotopic (exact) mass is 336 g/mol. The fourth-order valence-electron chi connectivity index (χ4n) is 2.13. The molecule has 0 aliphatic rings. The van der Waals surface area contributed by atoms with Crippen LogP contribution in [0.25, 0.3) is 5.52 Å². The van der Waals surface area contributed by atoms with E-state index in [4.69, 9.17) is 0 Å². The molecule has 2 heterocycles. The summed E-state index contributed by atoms with van der Waals surface area (Å²) in [7, 11) is -3.89. The molecule has 1 N–H and O–H groups in total. The first-order valence-electron chi connectivity index (χ1n) is 6.77. The Morgan fingerprint density at radius 1 is 1.26 bits per heavy atom. The van der Waals surface area contributed by atoms with Crippen LogP contribution in [0.1, 0.15) is 6.92 Å². The van der Waals surface area contributed by atoms with Crippen LogP contribution in [0.4, 0.5) is 10.1 Å². The topological polar surface area (TPSA) is 85.5 Å². The average Bonchev–Trinajstić information content (AvgIpc) is 2.96. The minimum absolute atomic E-state index is 0.0745. The van der Waals surface area contributed by atoms with E-state index in [-0.39, 0.29) is 21.7 Å². The van der Waals surface area contributed by atoms with Gasteiger partial charge in [0.25, 0.3) is 15.6 Å². The Morgan fingerprint density at radius 2 is 1.96 bits per heavy atom. The maximum Gasteiger partial charge on any atom is 0.291 e. The molecular formula is C14H13FN4O3S. The fourth-order valence-corrected chi connectivity index (χ4v) is 3.21. The van der Waals surface area contributed by atoms with Gasteiger partial charge in [-0.3, -0.25) is 13.9 Å². The Morgan fingerprint density at radius 3 is 2.61 bits per heavy atom. The number of hydrogen-bond donors (Lipinski definition) is 1. The van der Waals surface area contributed by atoms with E-state index < -0.39 is 15.8 Å². The first-order chi connectivity index (χ1) is 10.9. The minimum atomic E-state index is -3.89. The Bertz CT molecular complexity index is 1020. The number of halogens is 1. The molecule has 0 radical (unpaired) electrons. The highest BCUT2D eigenvalue weighted by Gasteiger charge is 2.18. The van der Waals surface area contributed by atoms with Gasteiger partial charge in [0.2, 0.25) is 0 Å². The van der Waals surface area contributed by atoms with Crippen LogP contribution in [-0.4, -0.2) is 22.6 Å². The van der Waals surface area contributed by atoms with Gasteiger partial charge in [-0.05, 0) is 37.3 Å². The Hall–Kier alpha value is -2.68. The summed E-state index contributed by atoms with van der Waals surface area (Å²) in [6.07, 6.45) is 2.67. The lowest BCUT2D eigenvalue weighted by Gasteiger charge is -2.05. The van der Waals surface area contributed by atoms with Crippen LogP contribution in [0.15, 0.2) is 52.5 Å². The highest BCUT2D eigenvalue weighted by Crippen LogP contribution is 2.18. The van der Waals surface area contributed by atoms with E-state index >= 15 is 0 Å². The van der Waals surface area contributed by atoms with Crippen LogP contribution < -0.4 is 10.3 Å². The molecule has 0 aliphatic carbocycles. The van der Waals surface area contributed by atoms with Gasteiger partial charge in [-0.15, -0.1) is 0 Å². The lowest BCUT2D eigenvalue weighted by atomic mass is 10.3. The normalized spacial score (nSPS) is 11.7.